The normalized spacial score (nSPS) is 14.4. The van der Waals surface area contributed by atoms with Gasteiger partial charge in [-0.3, -0.25) is 4.98 Å². The van der Waals surface area contributed by atoms with Crippen molar-refractivity contribution in [3.05, 3.63) is 42.7 Å². The third kappa shape index (κ3) is 5.61. The van der Waals surface area contributed by atoms with Gasteiger partial charge in [-0.1, -0.05) is 25.5 Å². The molecule has 1 aromatic carbocycles. The highest BCUT2D eigenvalue weighted by atomic mass is 16.5. The molecule has 1 aromatic heterocycles. The molecule has 1 fully saturated rings. The number of nitrogens with zero attached hydrogens (tertiary/aromatic N) is 1. The molecule has 1 aliphatic carbocycles. The molecule has 2 aromatic rings. The second kappa shape index (κ2) is 8.75. The van der Waals surface area contributed by atoms with Gasteiger partial charge in [0.05, 0.1) is 19.4 Å². The van der Waals surface area contributed by atoms with Crippen LogP contribution in [0, 0.1) is 5.41 Å². The molecule has 27 heavy (non-hydrogen) atoms. The van der Waals surface area contributed by atoms with Gasteiger partial charge < -0.3 is 20.5 Å². The van der Waals surface area contributed by atoms with E-state index in [-0.39, 0.29) is 11.5 Å². The summed E-state index contributed by atoms with van der Waals surface area (Å²) in [5, 5.41) is 2.85. The molecular weight excluding hydrogens is 342 g/mol. The van der Waals surface area contributed by atoms with Crippen LogP contribution in [0.15, 0.2) is 42.7 Å². The number of carbonyl (C=O) groups is 1. The maximum absolute atomic E-state index is 11.7. The van der Waals surface area contributed by atoms with Crippen LogP contribution in [0.4, 0.5) is 10.5 Å². The second-order valence-electron chi connectivity index (χ2n) is 7.17. The summed E-state index contributed by atoms with van der Waals surface area (Å²) in [5.41, 5.74) is 8.54. The number of unbranched alkanes of at least 4 members (excludes halogenated alkanes) is 1. The first-order chi connectivity index (χ1) is 13.1. The average molecular weight is 369 g/mol. The van der Waals surface area contributed by atoms with E-state index in [0.29, 0.717) is 31.2 Å². The lowest BCUT2D eigenvalue weighted by molar-refractivity contribution is 0.139. The van der Waals surface area contributed by atoms with Crippen LogP contribution in [0.5, 0.6) is 5.75 Å². The topological polar surface area (TPSA) is 86.5 Å². The van der Waals surface area contributed by atoms with Gasteiger partial charge in [0.2, 0.25) is 0 Å². The first-order valence-corrected chi connectivity index (χ1v) is 9.45. The van der Waals surface area contributed by atoms with Crippen molar-refractivity contribution in [1.82, 2.24) is 10.3 Å². The predicted octanol–water partition coefficient (Wildman–Crippen LogP) is 4.02. The van der Waals surface area contributed by atoms with E-state index in [9.17, 15) is 4.79 Å². The van der Waals surface area contributed by atoms with Gasteiger partial charge in [0.1, 0.15) is 5.75 Å². The molecule has 0 aliphatic heterocycles. The average Bonchev–Trinajstić information content (AvgIpc) is 3.46. The first kappa shape index (κ1) is 19.0. The molecule has 0 unspecified atom stereocenters. The summed E-state index contributed by atoms with van der Waals surface area (Å²) in [6, 6.07) is 9.65. The highest BCUT2D eigenvalue weighted by Crippen LogP contribution is 2.45. The largest absolute Gasteiger partial charge is 0.491 e. The maximum atomic E-state index is 11.7. The fourth-order valence-electron chi connectivity index (χ4n) is 2.78. The number of pyridine rings is 1. The number of anilines is 1. The van der Waals surface area contributed by atoms with Crippen molar-refractivity contribution in [1.29, 1.82) is 0 Å². The molecule has 0 saturated heterocycles. The number of nitrogens with one attached hydrogen (secondary N) is 1. The molecule has 0 atom stereocenters. The molecule has 0 radical (unpaired) electrons. The zero-order valence-corrected chi connectivity index (χ0v) is 15.7. The number of ether oxygens (including phenoxy) is 2. The molecule has 3 rings (SSSR count). The van der Waals surface area contributed by atoms with Gasteiger partial charge in [0.25, 0.3) is 0 Å². The van der Waals surface area contributed by atoms with Crippen molar-refractivity contribution >= 4 is 11.8 Å². The van der Waals surface area contributed by atoms with Crippen LogP contribution < -0.4 is 15.8 Å². The number of aromatic nitrogens is 1. The Balaban J connectivity index is 1.51. The second-order valence-corrected chi connectivity index (χ2v) is 7.17. The number of hydrogen-bond acceptors (Lipinski definition) is 5. The molecule has 0 spiro atoms. The van der Waals surface area contributed by atoms with Gasteiger partial charge in [0.15, 0.2) is 0 Å². The van der Waals surface area contributed by atoms with Crippen molar-refractivity contribution in [2.24, 2.45) is 5.41 Å². The zero-order chi connectivity index (χ0) is 19.1. The number of rotatable bonds is 9. The third-order valence-electron chi connectivity index (χ3n) is 4.77. The Labute approximate surface area is 160 Å². The molecule has 1 heterocycles. The monoisotopic (exact) mass is 369 g/mol. The fraction of sp³-hybridized carbons (Fsp3) is 0.429. The molecule has 1 amide bonds. The minimum atomic E-state index is -0.347. The lowest BCUT2D eigenvalue weighted by Crippen LogP contribution is -2.33. The van der Waals surface area contributed by atoms with E-state index in [1.54, 1.807) is 12.4 Å². The number of nitrogen functional groups attached to an aromatic ring is 1. The summed E-state index contributed by atoms with van der Waals surface area (Å²) in [4.78, 5) is 16.0. The van der Waals surface area contributed by atoms with Crippen LogP contribution in [-0.4, -0.2) is 30.8 Å². The van der Waals surface area contributed by atoms with Crippen LogP contribution in [0.1, 0.15) is 32.6 Å². The van der Waals surface area contributed by atoms with E-state index in [2.05, 4.69) is 17.2 Å². The van der Waals surface area contributed by atoms with Crippen molar-refractivity contribution in [3.8, 4) is 16.9 Å². The van der Waals surface area contributed by atoms with Crippen molar-refractivity contribution in [3.63, 3.8) is 0 Å². The van der Waals surface area contributed by atoms with Crippen molar-refractivity contribution in [2.45, 2.75) is 32.6 Å². The lowest BCUT2D eigenvalue weighted by Gasteiger charge is -2.17. The Morgan fingerprint density at radius 3 is 2.85 bits per heavy atom. The van der Waals surface area contributed by atoms with Crippen molar-refractivity contribution in [2.75, 3.05) is 25.5 Å². The van der Waals surface area contributed by atoms with E-state index in [1.165, 1.54) is 0 Å². The first-order valence-electron chi connectivity index (χ1n) is 9.45. The van der Waals surface area contributed by atoms with Gasteiger partial charge in [-0.05, 0) is 43.0 Å². The van der Waals surface area contributed by atoms with Crippen LogP contribution in [0.25, 0.3) is 11.1 Å². The van der Waals surface area contributed by atoms with Gasteiger partial charge >= 0.3 is 6.09 Å². The van der Waals surface area contributed by atoms with Crippen LogP contribution in [0.3, 0.4) is 0 Å². The smallest absolute Gasteiger partial charge is 0.407 e. The lowest BCUT2D eigenvalue weighted by atomic mass is 10.1. The van der Waals surface area contributed by atoms with Crippen LogP contribution in [-0.2, 0) is 4.74 Å². The van der Waals surface area contributed by atoms with Gasteiger partial charge in [-0.15, -0.1) is 0 Å². The quantitative estimate of drug-likeness (QED) is 0.515. The Kier molecular flexibility index (Phi) is 6.16. The minimum Gasteiger partial charge on any atom is -0.491 e. The number of benzene rings is 1. The Hall–Kier alpha value is -2.76. The molecular formula is C21H27N3O3. The molecule has 6 heteroatoms. The van der Waals surface area contributed by atoms with E-state index >= 15 is 0 Å². The summed E-state index contributed by atoms with van der Waals surface area (Å²) in [6.45, 7) is 3.65. The van der Waals surface area contributed by atoms with Crippen LogP contribution >= 0.6 is 0 Å². The number of nitrogens with two attached hydrogens (primary N) is 1. The summed E-state index contributed by atoms with van der Waals surface area (Å²) >= 11 is 0. The molecule has 6 nitrogen and oxygen atoms in total. The van der Waals surface area contributed by atoms with E-state index < -0.39 is 0 Å². The van der Waals surface area contributed by atoms with E-state index in [1.807, 2.05) is 30.3 Å². The summed E-state index contributed by atoms with van der Waals surface area (Å²) in [5.74, 6) is 0.715. The molecule has 1 saturated carbocycles. The van der Waals surface area contributed by atoms with E-state index in [0.717, 1.165) is 36.8 Å². The molecule has 0 bridgehead atoms. The summed E-state index contributed by atoms with van der Waals surface area (Å²) in [7, 11) is 0. The molecule has 3 N–H and O–H groups in total. The summed E-state index contributed by atoms with van der Waals surface area (Å²) in [6.07, 6.45) is 7.11. The standard InChI is InChI=1S/C21H27N3O3/c1-2-3-9-26-20(25)24-14-21(7-8-21)15-27-19-11-17(12-23-13-19)16-5-4-6-18(22)10-16/h4-6,10-13H,2-3,7-9,14-15,22H2,1H3,(H,24,25). The third-order valence-corrected chi connectivity index (χ3v) is 4.77. The highest BCUT2D eigenvalue weighted by Gasteiger charge is 2.44. The summed E-state index contributed by atoms with van der Waals surface area (Å²) < 4.78 is 11.1. The van der Waals surface area contributed by atoms with Gasteiger partial charge in [0, 0.05) is 29.4 Å². The van der Waals surface area contributed by atoms with Crippen molar-refractivity contribution < 1.29 is 14.3 Å². The number of alkyl carbamates (subject to hydrolysis) is 1. The van der Waals surface area contributed by atoms with Crippen LogP contribution in [0.2, 0.25) is 0 Å². The molecule has 1 aliphatic rings. The highest BCUT2D eigenvalue weighted by molar-refractivity contribution is 5.68. The van der Waals surface area contributed by atoms with Gasteiger partial charge in [-0.2, -0.15) is 0 Å². The minimum absolute atomic E-state index is 0.00302. The number of carbonyl (C=O) groups excluding carboxylic acids is 1. The maximum Gasteiger partial charge on any atom is 0.407 e. The van der Waals surface area contributed by atoms with E-state index in [4.69, 9.17) is 15.2 Å². The molecule has 144 valence electrons. The Morgan fingerprint density at radius 1 is 1.26 bits per heavy atom. The SMILES string of the molecule is CCCCOC(=O)NCC1(COc2cncc(-c3cccc(N)c3)c2)CC1. The number of hydrogen-bond donors (Lipinski definition) is 2. The zero-order valence-electron chi connectivity index (χ0n) is 15.7. The van der Waals surface area contributed by atoms with Gasteiger partial charge in [-0.25, -0.2) is 4.79 Å². The Morgan fingerprint density at radius 2 is 2.11 bits per heavy atom. The predicted molar refractivity (Wildman–Crippen MR) is 106 cm³/mol. The Bertz CT molecular complexity index is 775. The number of amides is 1. The fourth-order valence-corrected chi connectivity index (χ4v) is 2.78.